The zero-order valence-electron chi connectivity index (χ0n) is 32.6. The first-order valence-corrected chi connectivity index (χ1v) is 19.5. The summed E-state index contributed by atoms with van der Waals surface area (Å²) in [5.74, 6) is -2.17. The van der Waals surface area contributed by atoms with E-state index in [2.05, 4.69) is 19.9 Å². The van der Waals surface area contributed by atoms with Gasteiger partial charge in [-0.05, 0) is 85.8 Å². The topological polar surface area (TPSA) is 169 Å². The van der Waals surface area contributed by atoms with Gasteiger partial charge in [0.15, 0.2) is 0 Å². The van der Waals surface area contributed by atoms with E-state index in [4.69, 9.17) is 36.3 Å². The van der Waals surface area contributed by atoms with Crippen LogP contribution in [0.1, 0.15) is 49.6 Å². The lowest BCUT2D eigenvalue weighted by Gasteiger charge is -2.20. The Morgan fingerprint density at radius 1 is 0.983 bits per heavy atom. The van der Waals surface area contributed by atoms with E-state index in [0.717, 1.165) is 0 Å². The fourth-order valence-corrected chi connectivity index (χ4v) is 7.39. The van der Waals surface area contributed by atoms with Crippen LogP contribution >= 0.6 is 22.9 Å². The summed E-state index contributed by atoms with van der Waals surface area (Å²) in [7, 11) is 0. The Morgan fingerprint density at radius 2 is 1.73 bits per heavy atom. The maximum Gasteiger partial charge on any atom is 0.392 e. The third-order valence-electron chi connectivity index (χ3n) is 8.76. The highest BCUT2D eigenvalue weighted by Gasteiger charge is 2.29. The Labute approximate surface area is 350 Å². The predicted octanol–water partition coefficient (Wildman–Crippen LogP) is 9.37. The van der Waals surface area contributed by atoms with Crippen LogP contribution in [-0.4, -0.2) is 61.5 Å². The number of nitrogens with zero attached hydrogens (tertiary/aromatic N) is 4. The zero-order valence-corrected chi connectivity index (χ0v) is 34.2. The van der Waals surface area contributed by atoms with Gasteiger partial charge >= 0.3 is 24.1 Å². The molecule has 3 heterocycles. The maximum atomic E-state index is 14.1. The van der Waals surface area contributed by atoms with Crippen molar-refractivity contribution in [3.05, 3.63) is 106 Å². The largest absolute Gasteiger partial charge is 0.487 e. The second kappa shape index (κ2) is 18.0. The summed E-state index contributed by atoms with van der Waals surface area (Å²) in [6.07, 6.45) is -5.11. The summed E-state index contributed by atoms with van der Waals surface area (Å²) >= 11 is 7.89. The lowest BCUT2D eigenvalue weighted by atomic mass is 9.95. The van der Waals surface area contributed by atoms with Crippen molar-refractivity contribution < 1.29 is 51.2 Å². The number of halogens is 5. The summed E-state index contributed by atoms with van der Waals surface area (Å²) < 4.78 is 75.0. The van der Waals surface area contributed by atoms with E-state index >= 15 is 0 Å². The van der Waals surface area contributed by atoms with Crippen LogP contribution in [0.15, 0.2) is 73.2 Å². The third kappa shape index (κ3) is 10.9. The van der Waals surface area contributed by atoms with Gasteiger partial charge in [0.05, 0.1) is 34.6 Å². The quantitative estimate of drug-likeness (QED) is 0.0571. The number of thiophene rings is 1. The smallest absolute Gasteiger partial charge is 0.392 e. The molecule has 0 saturated carbocycles. The summed E-state index contributed by atoms with van der Waals surface area (Å²) in [4.78, 5) is 43.8. The van der Waals surface area contributed by atoms with Crippen molar-refractivity contribution in [2.24, 2.45) is 0 Å². The minimum absolute atomic E-state index is 0.0641. The number of ether oxygens (including phenoxy) is 4. The van der Waals surface area contributed by atoms with Gasteiger partial charge in [-0.1, -0.05) is 41.9 Å². The van der Waals surface area contributed by atoms with Crippen molar-refractivity contribution in [2.75, 3.05) is 12.3 Å². The van der Waals surface area contributed by atoms with Gasteiger partial charge in [0.2, 0.25) is 12.0 Å². The number of hydrogen-bond donors (Lipinski definition) is 2. The van der Waals surface area contributed by atoms with Crippen LogP contribution < -0.4 is 19.9 Å². The number of esters is 1. The number of aliphatic carboxylic acids is 1. The molecule has 60 heavy (non-hydrogen) atoms. The summed E-state index contributed by atoms with van der Waals surface area (Å²) in [5.41, 5.74) is 9.25. The van der Waals surface area contributed by atoms with Gasteiger partial charge in [0.1, 0.15) is 41.5 Å². The maximum absolute atomic E-state index is 14.1. The highest BCUT2D eigenvalue weighted by atomic mass is 35.5. The molecule has 12 nitrogen and oxygen atoms in total. The van der Waals surface area contributed by atoms with Crippen LogP contribution in [0.3, 0.4) is 0 Å². The molecular weight excluding hydrogens is 830 g/mol. The number of carbonyl (C=O) groups is 2. The van der Waals surface area contributed by atoms with Crippen molar-refractivity contribution in [1.29, 1.82) is 0 Å². The molecule has 314 valence electrons. The van der Waals surface area contributed by atoms with Crippen molar-refractivity contribution >= 4 is 50.8 Å². The van der Waals surface area contributed by atoms with E-state index in [1.165, 1.54) is 42.1 Å². The molecule has 18 heteroatoms. The number of nitrogen functional groups attached to an aromatic ring is 1. The van der Waals surface area contributed by atoms with E-state index in [1.54, 1.807) is 70.2 Å². The normalized spacial score (nSPS) is 12.3. The minimum Gasteiger partial charge on any atom is -0.487 e. The molecule has 0 fully saturated rings. The predicted molar refractivity (Wildman–Crippen MR) is 217 cm³/mol. The van der Waals surface area contributed by atoms with Gasteiger partial charge in [0, 0.05) is 23.1 Å². The number of fused-ring (bicyclic) bond motifs is 1. The number of rotatable bonds is 15. The summed E-state index contributed by atoms with van der Waals surface area (Å²) in [6, 6.07) is 15.2. The summed E-state index contributed by atoms with van der Waals surface area (Å²) in [5, 5.41) is 11.3. The number of anilines is 1. The number of nitrogens with two attached hydrogens (primary N) is 1. The molecule has 0 aliphatic carbocycles. The number of carboxylic acid groups (broad SMARTS) is 1. The van der Waals surface area contributed by atoms with Crippen LogP contribution in [0.25, 0.3) is 31.8 Å². The van der Waals surface area contributed by atoms with E-state index < -0.39 is 48.7 Å². The molecule has 3 aromatic heterocycles. The number of hydrogen-bond acceptors (Lipinski definition) is 12. The van der Waals surface area contributed by atoms with Crippen LogP contribution in [-0.2, 0) is 33.8 Å². The van der Waals surface area contributed by atoms with E-state index in [1.807, 2.05) is 0 Å². The number of carbonyl (C=O) groups excluding carboxylic acids is 1. The van der Waals surface area contributed by atoms with Gasteiger partial charge in [-0.3, -0.25) is 4.79 Å². The van der Waals surface area contributed by atoms with Gasteiger partial charge in [-0.15, -0.1) is 11.3 Å². The Morgan fingerprint density at radius 3 is 2.43 bits per heavy atom. The fourth-order valence-electron chi connectivity index (χ4n) is 6.07. The molecule has 3 aromatic carbocycles. The molecule has 0 saturated heterocycles. The number of benzene rings is 3. The molecule has 0 aliphatic rings. The standard InChI is InChI=1S/C42H38ClF4N5O7S/c1-22-28(10-11-29(48)35(22)43)33-34-37(50-21-51-38(34)60-36(33)24-6-8-26(44)9-7-24)58-31(39(54)55)19-25-17-23(18-32(53)59-41(2,3)4)5-12-30(25)57-20-27-13-15-49-40(52-27)56-16-14-42(45,46)47/h5-13,15,17,21,31H,14,16,18-20,48H2,1-4H3,(H,54,55). The minimum atomic E-state index is -4.42. The molecule has 0 spiro atoms. The first-order valence-electron chi connectivity index (χ1n) is 18.3. The molecule has 0 aliphatic heterocycles. The lowest BCUT2D eigenvalue weighted by Crippen LogP contribution is -2.30. The molecule has 0 radical (unpaired) electrons. The Bertz CT molecular complexity index is 2530. The van der Waals surface area contributed by atoms with Gasteiger partial charge in [0.25, 0.3) is 0 Å². The monoisotopic (exact) mass is 867 g/mol. The van der Waals surface area contributed by atoms with Gasteiger partial charge in [-0.25, -0.2) is 24.1 Å². The molecular formula is C42H38ClF4N5O7S. The van der Waals surface area contributed by atoms with Crippen molar-refractivity contribution in [3.63, 3.8) is 0 Å². The highest BCUT2D eigenvalue weighted by Crippen LogP contribution is 2.49. The molecule has 3 N–H and O–H groups in total. The Hall–Kier alpha value is -6.07. The molecule has 1 atom stereocenters. The Balaban J connectivity index is 1.37. The first kappa shape index (κ1) is 43.5. The van der Waals surface area contributed by atoms with E-state index in [-0.39, 0.29) is 42.8 Å². The van der Waals surface area contributed by atoms with Gasteiger partial charge < -0.3 is 29.8 Å². The van der Waals surface area contributed by atoms with Crippen molar-refractivity contribution in [3.8, 4) is 39.2 Å². The van der Waals surface area contributed by atoms with Gasteiger partial charge in [-0.2, -0.15) is 18.2 Å². The number of carboxylic acids is 1. The second-order valence-corrected chi connectivity index (χ2v) is 15.9. The van der Waals surface area contributed by atoms with Crippen molar-refractivity contribution in [2.45, 2.75) is 71.4 Å². The van der Waals surface area contributed by atoms with Crippen LogP contribution in [0, 0.1) is 12.7 Å². The SMILES string of the molecule is Cc1c(-c2c(-c3ccc(F)cc3)sc3ncnc(OC(Cc4cc(CC(=O)OC(C)(C)C)ccc4OCc4ccnc(OCCC(F)(F)F)n4)C(=O)O)c23)ccc(N)c1Cl. The van der Waals surface area contributed by atoms with E-state index in [9.17, 15) is 32.3 Å². The average Bonchev–Trinajstić information content (AvgIpc) is 3.56. The second-order valence-electron chi connectivity index (χ2n) is 14.5. The van der Waals surface area contributed by atoms with Crippen LogP contribution in [0.5, 0.6) is 17.6 Å². The van der Waals surface area contributed by atoms with Crippen LogP contribution in [0.2, 0.25) is 5.02 Å². The van der Waals surface area contributed by atoms with Crippen LogP contribution in [0.4, 0.5) is 23.2 Å². The average molecular weight is 868 g/mol. The lowest BCUT2D eigenvalue weighted by molar-refractivity contribution is -0.154. The summed E-state index contributed by atoms with van der Waals surface area (Å²) in [6.45, 7) is 6.09. The molecule has 6 aromatic rings. The first-order chi connectivity index (χ1) is 28.3. The highest BCUT2D eigenvalue weighted by molar-refractivity contribution is 7.22. The molecule has 6 rings (SSSR count). The molecule has 0 bridgehead atoms. The fraction of sp³-hybridized carbons (Fsp3) is 0.286. The third-order valence-corrected chi connectivity index (χ3v) is 10.4. The zero-order chi connectivity index (χ0) is 43.4. The number of aromatic nitrogens is 4. The molecule has 1 unspecified atom stereocenters. The number of alkyl halides is 3. The molecule has 0 amide bonds. The van der Waals surface area contributed by atoms with E-state index in [0.29, 0.717) is 59.2 Å². The van der Waals surface area contributed by atoms with Crippen molar-refractivity contribution in [1.82, 2.24) is 19.9 Å². The Kier molecular flexibility index (Phi) is 13.1.